The molecule has 1 heterocycles. The normalized spacial score (nSPS) is 19.6. The number of amides is 1. The molecule has 3 rings (SSSR count). The van der Waals surface area contributed by atoms with Gasteiger partial charge in [-0.25, -0.2) is 0 Å². The molecule has 0 aromatic heterocycles. The summed E-state index contributed by atoms with van der Waals surface area (Å²) in [7, 11) is 0. The summed E-state index contributed by atoms with van der Waals surface area (Å²) >= 11 is 0. The van der Waals surface area contributed by atoms with Crippen LogP contribution in [0.2, 0.25) is 0 Å². The second-order valence-corrected chi connectivity index (χ2v) is 6.40. The van der Waals surface area contributed by atoms with Crippen molar-refractivity contribution < 1.29 is 14.7 Å². The Kier molecular flexibility index (Phi) is 3.47. The van der Waals surface area contributed by atoms with Gasteiger partial charge in [-0.1, -0.05) is 24.1 Å². The number of aryl methyl sites for hydroxylation is 2. The number of anilines is 1. The van der Waals surface area contributed by atoms with Crippen molar-refractivity contribution in [1.29, 1.82) is 0 Å². The molecule has 1 aromatic carbocycles. The van der Waals surface area contributed by atoms with E-state index in [0.29, 0.717) is 19.4 Å². The number of nitrogens with zero attached hydrogens (tertiary/aromatic N) is 1. The summed E-state index contributed by atoms with van der Waals surface area (Å²) in [6.07, 6.45) is 4.24. The van der Waals surface area contributed by atoms with Gasteiger partial charge in [-0.15, -0.1) is 0 Å². The van der Waals surface area contributed by atoms with Crippen molar-refractivity contribution in [3.8, 4) is 0 Å². The third kappa shape index (κ3) is 2.43. The molecule has 112 valence electrons. The van der Waals surface area contributed by atoms with Crippen LogP contribution in [0.15, 0.2) is 18.2 Å². The first kappa shape index (κ1) is 14.1. The molecule has 1 amide bonds. The standard InChI is InChI=1S/C17H21NO3/c1-12-5-6-14-13(10-12)4-2-9-18(14)15(19)11-17(16(20)21)7-3-8-17/h5-6,10H,2-4,7-9,11H2,1H3,(H,20,21). The van der Waals surface area contributed by atoms with E-state index in [0.717, 1.165) is 24.9 Å². The minimum Gasteiger partial charge on any atom is -0.481 e. The minimum atomic E-state index is -0.816. The number of rotatable bonds is 3. The van der Waals surface area contributed by atoms with Gasteiger partial charge in [-0.2, -0.15) is 0 Å². The lowest BCUT2D eigenvalue weighted by Gasteiger charge is -2.39. The zero-order chi connectivity index (χ0) is 15.0. The second kappa shape index (κ2) is 5.17. The summed E-state index contributed by atoms with van der Waals surface area (Å²) in [6.45, 7) is 2.75. The predicted molar refractivity (Wildman–Crippen MR) is 80.4 cm³/mol. The molecule has 1 fully saturated rings. The van der Waals surface area contributed by atoms with Crippen molar-refractivity contribution in [1.82, 2.24) is 0 Å². The van der Waals surface area contributed by atoms with Gasteiger partial charge in [0.1, 0.15) is 0 Å². The van der Waals surface area contributed by atoms with Crippen molar-refractivity contribution in [3.63, 3.8) is 0 Å². The molecule has 0 bridgehead atoms. The van der Waals surface area contributed by atoms with Gasteiger partial charge in [0.2, 0.25) is 5.91 Å². The molecule has 1 aliphatic carbocycles. The maximum Gasteiger partial charge on any atom is 0.310 e. The van der Waals surface area contributed by atoms with Gasteiger partial charge in [0.25, 0.3) is 0 Å². The number of carbonyl (C=O) groups is 2. The Bertz CT molecular complexity index is 590. The molecule has 0 atom stereocenters. The molecular weight excluding hydrogens is 266 g/mol. The molecular formula is C17H21NO3. The topological polar surface area (TPSA) is 57.6 Å². The molecule has 1 saturated carbocycles. The maximum atomic E-state index is 12.6. The van der Waals surface area contributed by atoms with Crippen LogP contribution in [-0.4, -0.2) is 23.5 Å². The summed E-state index contributed by atoms with van der Waals surface area (Å²) in [6, 6.07) is 6.14. The Labute approximate surface area is 124 Å². The quantitative estimate of drug-likeness (QED) is 0.930. The summed E-state index contributed by atoms with van der Waals surface area (Å²) < 4.78 is 0. The highest BCUT2D eigenvalue weighted by Gasteiger charge is 2.46. The van der Waals surface area contributed by atoms with E-state index in [1.54, 1.807) is 4.90 Å². The van der Waals surface area contributed by atoms with Crippen LogP contribution in [0.1, 0.15) is 43.2 Å². The van der Waals surface area contributed by atoms with E-state index in [4.69, 9.17) is 0 Å². The van der Waals surface area contributed by atoms with Crippen LogP contribution in [0.25, 0.3) is 0 Å². The van der Waals surface area contributed by atoms with Gasteiger partial charge >= 0.3 is 5.97 Å². The summed E-state index contributed by atoms with van der Waals surface area (Å²) in [4.78, 5) is 25.9. The molecule has 0 spiro atoms. The Morgan fingerprint density at radius 2 is 2.05 bits per heavy atom. The monoisotopic (exact) mass is 287 g/mol. The van der Waals surface area contributed by atoms with Crippen LogP contribution in [0, 0.1) is 12.3 Å². The molecule has 0 radical (unpaired) electrons. The average molecular weight is 287 g/mol. The molecule has 21 heavy (non-hydrogen) atoms. The number of carbonyl (C=O) groups excluding carboxylic acids is 1. The smallest absolute Gasteiger partial charge is 0.310 e. The van der Waals surface area contributed by atoms with Crippen molar-refractivity contribution in [3.05, 3.63) is 29.3 Å². The average Bonchev–Trinajstić information content (AvgIpc) is 2.41. The number of benzene rings is 1. The fourth-order valence-electron chi connectivity index (χ4n) is 3.44. The second-order valence-electron chi connectivity index (χ2n) is 6.40. The largest absolute Gasteiger partial charge is 0.481 e. The molecule has 0 saturated heterocycles. The van der Waals surface area contributed by atoms with Gasteiger partial charge in [0.05, 0.1) is 5.41 Å². The van der Waals surface area contributed by atoms with E-state index < -0.39 is 11.4 Å². The van der Waals surface area contributed by atoms with Crippen molar-refractivity contribution in [2.75, 3.05) is 11.4 Å². The van der Waals surface area contributed by atoms with E-state index in [2.05, 4.69) is 13.0 Å². The number of carboxylic acid groups (broad SMARTS) is 1. The predicted octanol–water partition coefficient (Wildman–Crippen LogP) is 2.92. The lowest BCUT2D eigenvalue weighted by Crippen LogP contribution is -2.45. The first-order chi connectivity index (χ1) is 10.0. The van der Waals surface area contributed by atoms with E-state index in [-0.39, 0.29) is 12.3 Å². The molecule has 0 unspecified atom stereocenters. The van der Waals surface area contributed by atoms with Gasteiger partial charge in [0, 0.05) is 18.7 Å². The first-order valence-corrected chi connectivity index (χ1v) is 7.65. The third-order valence-electron chi connectivity index (χ3n) is 4.91. The highest BCUT2D eigenvalue weighted by Crippen LogP contribution is 2.45. The lowest BCUT2D eigenvalue weighted by molar-refractivity contribution is -0.157. The van der Waals surface area contributed by atoms with Crippen LogP contribution in [0.3, 0.4) is 0 Å². The SMILES string of the molecule is Cc1ccc2c(c1)CCCN2C(=O)CC1(C(=O)O)CCC1. The molecule has 4 heteroatoms. The highest BCUT2D eigenvalue weighted by molar-refractivity contribution is 5.97. The Balaban J connectivity index is 1.82. The van der Waals surface area contributed by atoms with Crippen LogP contribution >= 0.6 is 0 Å². The summed E-state index contributed by atoms with van der Waals surface area (Å²) in [5.41, 5.74) is 2.56. The third-order valence-corrected chi connectivity index (χ3v) is 4.91. The van der Waals surface area contributed by atoms with Crippen LogP contribution < -0.4 is 4.90 Å². The summed E-state index contributed by atoms with van der Waals surface area (Å²) in [5.74, 6) is -0.856. The van der Waals surface area contributed by atoms with E-state index >= 15 is 0 Å². The zero-order valence-corrected chi connectivity index (χ0v) is 12.4. The Hall–Kier alpha value is -1.84. The van der Waals surface area contributed by atoms with Gasteiger partial charge < -0.3 is 10.0 Å². The minimum absolute atomic E-state index is 0.0399. The number of carboxylic acids is 1. The lowest BCUT2D eigenvalue weighted by atomic mass is 9.66. The number of hydrogen-bond acceptors (Lipinski definition) is 2. The van der Waals surface area contributed by atoms with Gasteiger partial charge in [-0.3, -0.25) is 9.59 Å². The molecule has 1 aromatic rings. The molecule has 4 nitrogen and oxygen atoms in total. The van der Waals surface area contributed by atoms with Gasteiger partial charge in [0.15, 0.2) is 0 Å². The van der Waals surface area contributed by atoms with Crippen molar-refractivity contribution in [2.24, 2.45) is 5.41 Å². The molecule has 2 aliphatic rings. The van der Waals surface area contributed by atoms with Gasteiger partial charge in [-0.05, 0) is 44.2 Å². The van der Waals surface area contributed by atoms with Crippen LogP contribution in [-0.2, 0) is 16.0 Å². The van der Waals surface area contributed by atoms with Crippen molar-refractivity contribution >= 4 is 17.6 Å². The van der Waals surface area contributed by atoms with E-state index in [1.165, 1.54) is 11.1 Å². The zero-order valence-electron chi connectivity index (χ0n) is 12.4. The Morgan fingerprint density at radius 3 is 2.67 bits per heavy atom. The highest BCUT2D eigenvalue weighted by atomic mass is 16.4. The number of hydrogen-bond donors (Lipinski definition) is 1. The first-order valence-electron chi connectivity index (χ1n) is 7.65. The summed E-state index contributed by atoms with van der Waals surface area (Å²) in [5, 5.41) is 9.39. The number of aliphatic carboxylic acids is 1. The van der Waals surface area contributed by atoms with Crippen LogP contribution in [0.4, 0.5) is 5.69 Å². The van der Waals surface area contributed by atoms with E-state index in [1.807, 2.05) is 12.1 Å². The maximum absolute atomic E-state index is 12.6. The fourth-order valence-corrected chi connectivity index (χ4v) is 3.44. The molecule has 1 aliphatic heterocycles. The van der Waals surface area contributed by atoms with Crippen molar-refractivity contribution in [2.45, 2.75) is 45.4 Å². The fraction of sp³-hybridized carbons (Fsp3) is 0.529. The van der Waals surface area contributed by atoms with E-state index in [9.17, 15) is 14.7 Å². The molecule has 1 N–H and O–H groups in total. The number of fused-ring (bicyclic) bond motifs is 1. The van der Waals surface area contributed by atoms with Crippen LogP contribution in [0.5, 0.6) is 0 Å². The Morgan fingerprint density at radius 1 is 1.29 bits per heavy atom.